The Hall–Kier alpha value is -3.42. The molecule has 7 nitrogen and oxygen atoms in total. The molecule has 1 aromatic heterocycles. The smallest absolute Gasteiger partial charge is 0.415 e. The normalized spacial score (nSPS) is 21.9. The Morgan fingerprint density at radius 1 is 1.14 bits per heavy atom. The molecule has 0 radical (unpaired) electrons. The number of halogens is 1. The summed E-state index contributed by atoms with van der Waals surface area (Å²) in [5.41, 5.74) is 1.69. The number of hydrogen-bond acceptors (Lipinski definition) is 5. The number of allylic oxidation sites excluding steroid dienone is 1. The van der Waals surface area contributed by atoms with Crippen molar-refractivity contribution < 1.29 is 18.7 Å². The molecule has 1 saturated carbocycles. The van der Waals surface area contributed by atoms with E-state index in [-0.39, 0.29) is 18.6 Å². The number of nitrogens with zero attached hydrogens (tertiary/aromatic N) is 3. The lowest BCUT2D eigenvalue weighted by Crippen LogP contribution is -2.39. The zero-order valence-electron chi connectivity index (χ0n) is 20.4. The number of fused-ring (bicyclic) bond motifs is 3. The molecule has 0 bridgehead atoms. The Bertz CT molecular complexity index is 1280. The fraction of sp³-hybridized carbons (Fsp3) is 0.444. The number of anilines is 1. The van der Waals surface area contributed by atoms with Gasteiger partial charge in [-0.1, -0.05) is 18.2 Å². The molecule has 5 rings (SSSR count). The molecule has 184 valence electrons. The fourth-order valence-corrected chi connectivity index (χ4v) is 4.95. The van der Waals surface area contributed by atoms with Crippen molar-refractivity contribution >= 4 is 23.6 Å². The van der Waals surface area contributed by atoms with E-state index in [1.807, 2.05) is 51.1 Å². The average Bonchev–Trinajstić information content (AvgIpc) is 3.08. The van der Waals surface area contributed by atoms with Crippen LogP contribution in [0.1, 0.15) is 52.0 Å². The topological polar surface area (TPSA) is 79.3 Å². The summed E-state index contributed by atoms with van der Waals surface area (Å²) >= 11 is 0. The number of amides is 1. The van der Waals surface area contributed by atoms with Crippen LogP contribution in [-0.2, 0) is 11.3 Å². The number of ether oxygens (including phenoxy) is 2. The number of aromatic amines is 1. The molecule has 0 unspecified atom stereocenters. The Labute approximate surface area is 204 Å². The summed E-state index contributed by atoms with van der Waals surface area (Å²) in [5.74, 6) is 0.709. The number of benzene rings is 1. The van der Waals surface area contributed by atoms with Crippen LogP contribution in [0.2, 0.25) is 0 Å². The van der Waals surface area contributed by atoms with Crippen molar-refractivity contribution in [3.05, 3.63) is 58.5 Å². The summed E-state index contributed by atoms with van der Waals surface area (Å²) in [4.78, 5) is 17.9. The number of para-hydroxylation sites is 1. The number of azo groups is 1. The van der Waals surface area contributed by atoms with Crippen molar-refractivity contribution in [1.29, 1.82) is 0 Å². The first kappa shape index (κ1) is 23.3. The maximum atomic E-state index is 14.5. The second-order valence-electron chi connectivity index (χ2n) is 10.3. The molecule has 2 aliphatic heterocycles. The Balaban J connectivity index is 1.45. The molecular formula is C27H31FN4O3. The van der Waals surface area contributed by atoms with Gasteiger partial charge in [-0.05, 0) is 70.7 Å². The van der Waals surface area contributed by atoms with Gasteiger partial charge >= 0.3 is 6.09 Å². The molecule has 8 heteroatoms. The lowest BCUT2D eigenvalue weighted by molar-refractivity contribution is 0.0584. The highest BCUT2D eigenvalue weighted by atomic mass is 19.1. The molecule has 1 amide bonds. The lowest BCUT2D eigenvalue weighted by atomic mass is 9.84. The third-order valence-electron chi connectivity index (χ3n) is 6.51. The lowest BCUT2D eigenvalue weighted by Gasteiger charge is -2.29. The van der Waals surface area contributed by atoms with Crippen LogP contribution in [-0.4, -0.2) is 29.3 Å². The van der Waals surface area contributed by atoms with E-state index >= 15 is 0 Å². The number of H-pyrrole nitrogens is 1. The van der Waals surface area contributed by atoms with E-state index in [2.05, 4.69) is 15.2 Å². The number of carbonyl (C=O) groups excluding carboxylic acids is 1. The summed E-state index contributed by atoms with van der Waals surface area (Å²) in [6, 6.07) is 9.90. The van der Waals surface area contributed by atoms with Gasteiger partial charge in [-0.15, -0.1) is 0 Å². The Morgan fingerprint density at radius 2 is 1.89 bits per heavy atom. The van der Waals surface area contributed by atoms with Crippen LogP contribution in [0.5, 0.6) is 5.75 Å². The van der Waals surface area contributed by atoms with Gasteiger partial charge in [0, 0.05) is 11.5 Å². The molecule has 2 aromatic rings. The summed E-state index contributed by atoms with van der Waals surface area (Å²) in [6.07, 6.45) is 6.15. The van der Waals surface area contributed by atoms with Gasteiger partial charge in [0.2, 0.25) is 0 Å². The van der Waals surface area contributed by atoms with Gasteiger partial charge in [-0.2, -0.15) is 10.2 Å². The monoisotopic (exact) mass is 478 g/mol. The molecule has 0 spiro atoms. The first-order valence-corrected chi connectivity index (χ1v) is 12.2. The first-order valence-electron chi connectivity index (χ1n) is 12.2. The minimum Gasteiger partial charge on any atom is -0.490 e. The molecule has 35 heavy (non-hydrogen) atoms. The van der Waals surface area contributed by atoms with Crippen LogP contribution in [0.15, 0.2) is 52.5 Å². The van der Waals surface area contributed by atoms with Crippen LogP contribution in [0.4, 0.5) is 14.9 Å². The van der Waals surface area contributed by atoms with Gasteiger partial charge in [0.25, 0.3) is 0 Å². The second-order valence-corrected chi connectivity index (χ2v) is 10.3. The fourth-order valence-electron chi connectivity index (χ4n) is 4.95. The van der Waals surface area contributed by atoms with Crippen LogP contribution in [0.25, 0.3) is 11.8 Å². The standard InChI is InChI=1S/C27H31FN4O3/c1-27(2,3)35-26(33)32-14-13-18(28)15-22-25(32)21-16-29-31-23(24(21)30-22)17-9-11-20(12-10-17)34-19-7-5-4-6-8-19/h4-8,13,15,17,20,30H,9-12,14,16H2,1-3H3/t17-,20-. The summed E-state index contributed by atoms with van der Waals surface area (Å²) < 4.78 is 26.2. The average molecular weight is 479 g/mol. The van der Waals surface area contributed by atoms with Gasteiger partial charge in [0.05, 0.1) is 41.3 Å². The number of aromatic nitrogens is 1. The molecule has 3 aliphatic rings. The second kappa shape index (κ2) is 9.32. The molecule has 1 N–H and O–H groups in total. The zero-order chi connectivity index (χ0) is 24.6. The first-order chi connectivity index (χ1) is 16.8. The van der Waals surface area contributed by atoms with Crippen molar-refractivity contribution in [1.82, 2.24) is 4.98 Å². The van der Waals surface area contributed by atoms with Gasteiger partial charge in [-0.25, -0.2) is 9.18 Å². The van der Waals surface area contributed by atoms with Crippen LogP contribution in [0.3, 0.4) is 0 Å². The van der Waals surface area contributed by atoms with E-state index in [1.54, 1.807) is 0 Å². The van der Waals surface area contributed by atoms with E-state index < -0.39 is 17.5 Å². The maximum Gasteiger partial charge on any atom is 0.415 e. The van der Waals surface area contributed by atoms with Crippen LogP contribution >= 0.6 is 0 Å². The van der Waals surface area contributed by atoms with Crippen LogP contribution in [0, 0.1) is 5.92 Å². The van der Waals surface area contributed by atoms with Crippen molar-refractivity contribution in [2.75, 3.05) is 11.4 Å². The molecule has 1 aromatic carbocycles. The van der Waals surface area contributed by atoms with Gasteiger partial charge < -0.3 is 14.5 Å². The number of carbonyl (C=O) groups is 1. The minimum atomic E-state index is -0.663. The highest BCUT2D eigenvalue weighted by molar-refractivity contribution is 5.90. The molecule has 1 aliphatic carbocycles. The zero-order valence-corrected chi connectivity index (χ0v) is 20.4. The van der Waals surface area contributed by atoms with Gasteiger partial charge in [-0.3, -0.25) is 4.90 Å². The van der Waals surface area contributed by atoms with Crippen molar-refractivity contribution in [2.24, 2.45) is 16.1 Å². The van der Waals surface area contributed by atoms with E-state index in [4.69, 9.17) is 9.47 Å². The largest absolute Gasteiger partial charge is 0.490 e. The van der Waals surface area contributed by atoms with Crippen LogP contribution < -0.4 is 20.3 Å². The molecular weight excluding hydrogens is 447 g/mol. The Kier molecular flexibility index (Phi) is 6.21. The predicted octanol–water partition coefficient (Wildman–Crippen LogP) is 5.12. The number of hydrogen-bond donors (Lipinski definition) is 1. The maximum absolute atomic E-state index is 14.5. The molecule has 0 atom stereocenters. The highest BCUT2D eigenvalue weighted by Crippen LogP contribution is 2.35. The third kappa shape index (κ3) is 5.01. The predicted molar refractivity (Wildman–Crippen MR) is 132 cm³/mol. The number of nitrogens with one attached hydrogen (secondary N) is 1. The third-order valence-corrected chi connectivity index (χ3v) is 6.51. The van der Waals surface area contributed by atoms with E-state index in [0.29, 0.717) is 17.6 Å². The molecule has 0 saturated heterocycles. The van der Waals surface area contributed by atoms with Gasteiger partial charge in [0.1, 0.15) is 17.2 Å². The van der Waals surface area contributed by atoms with Crippen molar-refractivity contribution in [2.45, 2.75) is 64.7 Å². The number of rotatable bonds is 3. The van der Waals surface area contributed by atoms with Crippen molar-refractivity contribution in [3.63, 3.8) is 0 Å². The SMILES string of the molecule is CC(C)(C)OC(=O)N1CC=C(F)C=c2[nH]c3c(c21)CN=NC=3[C@H]1CC[C@H](Oc2ccccc2)CC1. The van der Waals surface area contributed by atoms with Crippen molar-refractivity contribution in [3.8, 4) is 5.75 Å². The molecule has 3 heterocycles. The molecule has 1 fully saturated rings. The van der Waals surface area contributed by atoms with E-state index in [0.717, 1.165) is 48.0 Å². The minimum absolute atomic E-state index is 0.0863. The Morgan fingerprint density at radius 3 is 2.60 bits per heavy atom. The summed E-state index contributed by atoms with van der Waals surface area (Å²) in [7, 11) is 0. The quantitative estimate of drug-likeness (QED) is 0.665. The van der Waals surface area contributed by atoms with E-state index in [9.17, 15) is 9.18 Å². The summed E-state index contributed by atoms with van der Waals surface area (Å²) in [5, 5.41) is 10.3. The van der Waals surface area contributed by atoms with Gasteiger partial charge in [0.15, 0.2) is 0 Å². The summed E-state index contributed by atoms with van der Waals surface area (Å²) in [6.45, 7) is 5.86. The highest BCUT2D eigenvalue weighted by Gasteiger charge is 2.32. The van der Waals surface area contributed by atoms with E-state index in [1.165, 1.54) is 17.1 Å².